The van der Waals surface area contributed by atoms with E-state index in [0.717, 1.165) is 38.3 Å². The predicted molar refractivity (Wildman–Crippen MR) is 137 cm³/mol. The Morgan fingerprint density at radius 1 is 1.13 bits per heavy atom. The van der Waals surface area contributed by atoms with E-state index in [2.05, 4.69) is 44.8 Å². The van der Waals surface area contributed by atoms with Crippen molar-refractivity contribution in [2.45, 2.75) is 77.7 Å². The summed E-state index contributed by atoms with van der Waals surface area (Å²) in [6.07, 6.45) is 7.04. The highest BCUT2D eigenvalue weighted by Crippen LogP contribution is 2.26. The molecule has 0 radical (unpaired) electrons. The number of amides is 1. The molecule has 174 valence electrons. The van der Waals surface area contributed by atoms with Crippen molar-refractivity contribution in [1.82, 2.24) is 15.5 Å². The molecule has 31 heavy (non-hydrogen) atoms. The summed E-state index contributed by atoms with van der Waals surface area (Å²) in [5.41, 5.74) is 2.38. The van der Waals surface area contributed by atoms with Crippen molar-refractivity contribution in [3.63, 3.8) is 0 Å². The van der Waals surface area contributed by atoms with Gasteiger partial charge in [-0.05, 0) is 44.2 Å². The maximum Gasteiger partial charge on any atom is 0.225 e. The molecule has 6 nitrogen and oxygen atoms in total. The second-order valence-electron chi connectivity index (χ2n) is 8.85. The fourth-order valence-electron chi connectivity index (χ4n) is 4.28. The quantitative estimate of drug-likeness (QED) is 0.310. The number of rotatable bonds is 7. The minimum absolute atomic E-state index is 0. The standard InChI is InChI=1S/C24H38N4O2.HI/c1-18(2)30-17-20-11-9-19(10-12-20)15-26-24(25-3)27-22-13-14-28(16-22)23(29)21-7-5-4-6-8-21;/h9-12,18,21-22H,4-8,13-17H2,1-3H3,(H2,25,26,27);1H. The van der Waals surface area contributed by atoms with Crippen molar-refractivity contribution in [2.75, 3.05) is 20.1 Å². The summed E-state index contributed by atoms with van der Waals surface area (Å²) in [6.45, 7) is 7.08. The van der Waals surface area contributed by atoms with Crippen LogP contribution in [-0.4, -0.2) is 49.0 Å². The fourth-order valence-corrected chi connectivity index (χ4v) is 4.28. The summed E-state index contributed by atoms with van der Waals surface area (Å²) in [5.74, 6) is 1.41. The van der Waals surface area contributed by atoms with Crippen LogP contribution in [0.25, 0.3) is 0 Å². The molecule has 1 aromatic carbocycles. The van der Waals surface area contributed by atoms with E-state index in [1.807, 2.05) is 13.8 Å². The second-order valence-corrected chi connectivity index (χ2v) is 8.85. The van der Waals surface area contributed by atoms with Crippen molar-refractivity contribution in [1.29, 1.82) is 0 Å². The molecule has 1 aliphatic carbocycles. The van der Waals surface area contributed by atoms with Crippen LogP contribution in [0.2, 0.25) is 0 Å². The van der Waals surface area contributed by atoms with Gasteiger partial charge in [-0.15, -0.1) is 24.0 Å². The second kappa shape index (κ2) is 13.3. The van der Waals surface area contributed by atoms with Crippen LogP contribution in [0.5, 0.6) is 0 Å². The number of carbonyl (C=O) groups is 1. The topological polar surface area (TPSA) is 66.0 Å². The Kier molecular flexibility index (Phi) is 11.1. The lowest BCUT2D eigenvalue weighted by atomic mass is 9.88. The Hall–Kier alpha value is -1.35. The first-order chi connectivity index (χ1) is 14.5. The largest absolute Gasteiger partial charge is 0.374 e. The maximum atomic E-state index is 12.8. The number of nitrogens with zero attached hydrogens (tertiary/aromatic N) is 2. The van der Waals surface area contributed by atoms with E-state index in [9.17, 15) is 4.79 Å². The number of aliphatic imine (C=N–C) groups is 1. The van der Waals surface area contributed by atoms with Crippen LogP contribution in [0.15, 0.2) is 29.3 Å². The zero-order chi connectivity index (χ0) is 21.3. The highest BCUT2D eigenvalue weighted by Gasteiger charge is 2.31. The van der Waals surface area contributed by atoms with Gasteiger partial charge in [-0.2, -0.15) is 0 Å². The summed E-state index contributed by atoms with van der Waals surface area (Å²) in [6, 6.07) is 8.74. The molecule has 3 rings (SSSR count). The van der Waals surface area contributed by atoms with Crippen molar-refractivity contribution < 1.29 is 9.53 Å². The lowest BCUT2D eigenvalue weighted by molar-refractivity contribution is -0.135. The van der Waals surface area contributed by atoms with Gasteiger partial charge < -0.3 is 20.3 Å². The smallest absolute Gasteiger partial charge is 0.225 e. The first-order valence-electron chi connectivity index (χ1n) is 11.5. The Morgan fingerprint density at radius 3 is 2.45 bits per heavy atom. The lowest BCUT2D eigenvalue weighted by Crippen LogP contribution is -2.45. The van der Waals surface area contributed by atoms with Crippen molar-refractivity contribution in [2.24, 2.45) is 10.9 Å². The predicted octanol–water partition coefficient (Wildman–Crippen LogP) is 4.08. The maximum absolute atomic E-state index is 12.8. The van der Waals surface area contributed by atoms with Gasteiger partial charge in [0, 0.05) is 38.6 Å². The molecule has 7 heteroatoms. The van der Waals surface area contributed by atoms with Gasteiger partial charge in [0.25, 0.3) is 0 Å². The Bertz CT molecular complexity index is 702. The molecule has 2 aliphatic rings. The number of ether oxygens (including phenoxy) is 1. The lowest BCUT2D eigenvalue weighted by Gasteiger charge is -2.26. The third-order valence-electron chi connectivity index (χ3n) is 6.09. The minimum Gasteiger partial charge on any atom is -0.374 e. The Balaban J connectivity index is 0.00000341. The third-order valence-corrected chi connectivity index (χ3v) is 6.09. The average Bonchev–Trinajstić information content (AvgIpc) is 3.24. The van der Waals surface area contributed by atoms with E-state index >= 15 is 0 Å². The average molecular weight is 543 g/mol. The van der Waals surface area contributed by atoms with Crippen molar-refractivity contribution in [3.05, 3.63) is 35.4 Å². The summed E-state index contributed by atoms with van der Waals surface area (Å²) in [5, 5.41) is 6.89. The van der Waals surface area contributed by atoms with E-state index < -0.39 is 0 Å². The van der Waals surface area contributed by atoms with Gasteiger partial charge in [-0.3, -0.25) is 9.79 Å². The van der Waals surface area contributed by atoms with E-state index in [1.165, 1.54) is 30.4 Å². The SMILES string of the molecule is CN=C(NCc1ccc(COC(C)C)cc1)NC1CCN(C(=O)C2CCCCC2)C1.I. The van der Waals surface area contributed by atoms with Crippen LogP contribution in [0.4, 0.5) is 0 Å². The van der Waals surface area contributed by atoms with E-state index in [0.29, 0.717) is 19.1 Å². The third kappa shape index (κ3) is 8.25. The first-order valence-corrected chi connectivity index (χ1v) is 11.5. The molecule has 0 bridgehead atoms. The molecular weight excluding hydrogens is 503 g/mol. The number of likely N-dealkylation sites (tertiary alicyclic amines) is 1. The van der Waals surface area contributed by atoms with Crippen LogP contribution < -0.4 is 10.6 Å². The van der Waals surface area contributed by atoms with Crippen LogP contribution in [0.1, 0.15) is 63.5 Å². The number of hydrogen-bond acceptors (Lipinski definition) is 3. The molecule has 1 saturated carbocycles. The molecule has 1 atom stereocenters. The summed E-state index contributed by atoms with van der Waals surface area (Å²) in [4.78, 5) is 19.2. The zero-order valence-electron chi connectivity index (χ0n) is 19.2. The molecule has 1 saturated heterocycles. The number of hydrogen-bond donors (Lipinski definition) is 2. The van der Waals surface area contributed by atoms with Crippen LogP contribution >= 0.6 is 24.0 Å². The van der Waals surface area contributed by atoms with Crippen LogP contribution in [0.3, 0.4) is 0 Å². The van der Waals surface area contributed by atoms with Gasteiger partial charge in [0.15, 0.2) is 5.96 Å². The number of halogens is 1. The number of benzene rings is 1. The van der Waals surface area contributed by atoms with Gasteiger partial charge >= 0.3 is 0 Å². The Labute approximate surface area is 204 Å². The number of guanidine groups is 1. The fraction of sp³-hybridized carbons (Fsp3) is 0.667. The summed E-state index contributed by atoms with van der Waals surface area (Å²) in [7, 11) is 1.79. The first kappa shape index (κ1) is 25.9. The van der Waals surface area contributed by atoms with Crippen LogP contribution in [-0.2, 0) is 22.7 Å². The van der Waals surface area contributed by atoms with Crippen molar-refractivity contribution >= 4 is 35.8 Å². The van der Waals surface area contributed by atoms with Gasteiger partial charge in [-0.25, -0.2) is 0 Å². The molecule has 1 amide bonds. The van der Waals surface area contributed by atoms with Gasteiger partial charge in [-0.1, -0.05) is 43.5 Å². The number of carbonyl (C=O) groups excluding carboxylic acids is 1. The van der Waals surface area contributed by atoms with Crippen LogP contribution in [0, 0.1) is 5.92 Å². The highest BCUT2D eigenvalue weighted by atomic mass is 127. The van der Waals surface area contributed by atoms with E-state index in [-0.39, 0.29) is 42.0 Å². The molecule has 0 aromatic heterocycles. The molecule has 1 heterocycles. The molecule has 1 aliphatic heterocycles. The van der Waals surface area contributed by atoms with E-state index in [4.69, 9.17) is 4.74 Å². The molecule has 1 unspecified atom stereocenters. The number of nitrogens with one attached hydrogen (secondary N) is 2. The zero-order valence-corrected chi connectivity index (χ0v) is 21.6. The highest BCUT2D eigenvalue weighted by molar-refractivity contribution is 14.0. The monoisotopic (exact) mass is 542 g/mol. The summed E-state index contributed by atoms with van der Waals surface area (Å²) >= 11 is 0. The van der Waals surface area contributed by atoms with Gasteiger partial charge in [0.05, 0.1) is 12.7 Å². The van der Waals surface area contributed by atoms with Crippen molar-refractivity contribution in [3.8, 4) is 0 Å². The van der Waals surface area contributed by atoms with Gasteiger partial charge in [0.2, 0.25) is 5.91 Å². The van der Waals surface area contributed by atoms with Gasteiger partial charge in [0.1, 0.15) is 0 Å². The molecule has 1 aromatic rings. The molecule has 2 N–H and O–H groups in total. The normalized spacial score (nSPS) is 19.9. The Morgan fingerprint density at radius 2 is 1.81 bits per heavy atom. The summed E-state index contributed by atoms with van der Waals surface area (Å²) < 4.78 is 5.65. The molecular formula is C24H39IN4O2. The molecule has 0 spiro atoms. The molecule has 2 fully saturated rings. The van der Waals surface area contributed by atoms with E-state index in [1.54, 1.807) is 7.05 Å². The minimum atomic E-state index is 0.